The predicted molar refractivity (Wildman–Crippen MR) is 110 cm³/mol. The molecule has 9 nitrogen and oxygen atoms in total. The second-order valence-electron chi connectivity index (χ2n) is 7.03. The minimum absolute atomic E-state index is 0.0418. The number of nitrogens with one attached hydrogen (secondary N) is 2. The molecule has 152 valence electrons. The van der Waals surface area contributed by atoms with Crippen LogP contribution in [0.2, 0.25) is 0 Å². The Hall–Kier alpha value is -2.64. The topological polar surface area (TPSA) is 145 Å². The Balaban J connectivity index is 2.50. The number of nitrogens with two attached hydrogens (primary N) is 1. The molecule has 10 heteroatoms. The largest absolute Gasteiger partial charge is 0.382 e. The summed E-state index contributed by atoms with van der Waals surface area (Å²) in [6.45, 7) is 8.49. The molecule has 1 aromatic rings. The van der Waals surface area contributed by atoms with Gasteiger partial charge in [0.2, 0.25) is 5.71 Å². The van der Waals surface area contributed by atoms with Crippen LogP contribution in [-0.4, -0.2) is 50.5 Å². The molecule has 4 N–H and O–H groups in total. The van der Waals surface area contributed by atoms with Gasteiger partial charge in [0, 0.05) is 18.8 Å². The van der Waals surface area contributed by atoms with Crippen molar-refractivity contribution in [1.29, 1.82) is 10.7 Å². The Morgan fingerprint density at radius 3 is 2.50 bits per heavy atom. The van der Waals surface area contributed by atoms with Crippen LogP contribution < -0.4 is 16.1 Å². The Morgan fingerprint density at radius 2 is 2.00 bits per heavy atom. The molecule has 28 heavy (non-hydrogen) atoms. The standard InChI is InChI=1S/C18H26N6O3S/c1-11(2)28(25,26)17-6-5-14(24-9-12(3)27-13(4)10-24)7-15(17)22-23-16(8-19)18(20)21/h5-7,11-13,22H,9-10H2,1-4H3,(H3,20,21)/b23-16+. The van der Waals surface area contributed by atoms with Crippen molar-refractivity contribution in [2.24, 2.45) is 10.8 Å². The number of ether oxygens (including phenoxy) is 1. The molecule has 2 atom stereocenters. The Kier molecular flexibility index (Phi) is 6.64. The lowest BCUT2D eigenvalue weighted by Gasteiger charge is -2.37. The van der Waals surface area contributed by atoms with E-state index in [1.165, 1.54) is 6.07 Å². The molecule has 0 saturated carbocycles. The minimum Gasteiger partial charge on any atom is -0.382 e. The number of hydrogen-bond acceptors (Lipinski definition) is 8. The minimum atomic E-state index is -3.59. The summed E-state index contributed by atoms with van der Waals surface area (Å²) in [5, 5.41) is 19.6. The number of anilines is 2. The van der Waals surface area contributed by atoms with Crippen LogP contribution in [0.25, 0.3) is 0 Å². The highest BCUT2D eigenvalue weighted by Gasteiger charge is 2.26. The first-order valence-corrected chi connectivity index (χ1v) is 10.5. The highest BCUT2D eigenvalue weighted by atomic mass is 32.2. The van der Waals surface area contributed by atoms with Crippen molar-refractivity contribution in [3.05, 3.63) is 18.2 Å². The van der Waals surface area contributed by atoms with E-state index in [9.17, 15) is 8.42 Å². The van der Waals surface area contributed by atoms with Crippen molar-refractivity contribution in [3.8, 4) is 6.07 Å². The smallest absolute Gasteiger partial charge is 0.201 e. The fraction of sp³-hybridized carbons (Fsp3) is 0.500. The average Bonchev–Trinajstić information content (AvgIpc) is 2.60. The summed E-state index contributed by atoms with van der Waals surface area (Å²) in [7, 11) is -3.59. The Bertz CT molecular complexity index is 910. The van der Waals surface area contributed by atoms with Crippen LogP contribution in [0.3, 0.4) is 0 Å². The fourth-order valence-electron chi connectivity index (χ4n) is 2.95. The third-order valence-electron chi connectivity index (χ3n) is 4.32. The molecule has 1 saturated heterocycles. The second-order valence-corrected chi connectivity index (χ2v) is 9.51. The monoisotopic (exact) mass is 406 g/mol. The predicted octanol–water partition coefficient (Wildman–Crippen LogP) is 1.71. The summed E-state index contributed by atoms with van der Waals surface area (Å²) in [4.78, 5) is 2.18. The molecular formula is C18H26N6O3S. The summed E-state index contributed by atoms with van der Waals surface area (Å²) >= 11 is 0. The first kappa shape index (κ1) is 21.7. The maximum Gasteiger partial charge on any atom is 0.201 e. The van der Waals surface area contributed by atoms with Crippen molar-refractivity contribution >= 4 is 32.8 Å². The van der Waals surface area contributed by atoms with Crippen LogP contribution >= 0.6 is 0 Å². The van der Waals surface area contributed by atoms with E-state index in [2.05, 4.69) is 15.4 Å². The Labute approximate surface area is 165 Å². The third kappa shape index (κ3) is 4.79. The molecule has 2 rings (SSSR count). The van der Waals surface area contributed by atoms with E-state index in [1.807, 2.05) is 13.8 Å². The van der Waals surface area contributed by atoms with E-state index in [-0.39, 0.29) is 28.5 Å². The zero-order valence-corrected chi connectivity index (χ0v) is 17.2. The van der Waals surface area contributed by atoms with Gasteiger partial charge < -0.3 is 15.4 Å². The molecule has 0 spiro atoms. The number of sulfone groups is 1. The number of nitriles is 1. The van der Waals surface area contributed by atoms with Gasteiger partial charge in [0.1, 0.15) is 6.07 Å². The van der Waals surface area contributed by atoms with Gasteiger partial charge in [0.25, 0.3) is 0 Å². The summed E-state index contributed by atoms with van der Waals surface area (Å²) in [5.74, 6) is -0.504. The highest BCUT2D eigenvalue weighted by molar-refractivity contribution is 7.92. The van der Waals surface area contributed by atoms with Gasteiger partial charge in [0.15, 0.2) is 15.7 Å². The van der Waals surface area contributed by atoms with Gasteiger partial charge in [-0.2, -0.15) is 10.4 Å². The Morgan fingerprint density at radius 1 is 1.39 bits per heavy atom. The fourth-order valence-corrected chi connectivity index (χ4v) is 4.13. The lowest BCUT2D eigenvalue weighted by molar-refractivity contribution is -0.00521. The molecule has 1 aromatic carbocycles. The summed E-state index contributed by atoms with van der Waals surface area (Å²) < 4.78 is 31.2. The molecule has 2 unspecified atom stereocenters. The number of hydrazone groups is 1. The zero-order chi connectivity index (χ0) is 21.1. The zero-order valence-electron chi connectivity index (χ0n) is 16.4. The van der Waals surface area contributed by atoms with E-state index in [0.29, 0.717) is 13.1 Å². The van der Waals surface area contributed by atoms with Crippen molar-refractivity contribution < 1.29 is 13.2 Å². The van der Waals surface area contributed by atoms with Crippen LogP contribution in [0.4, 0.5) is 11.4 Å². The van der Waals surface area contributed by atoms with Crippen LogP contribution in [0.15, 0.2) is 28.2 Å². The lowest BCUT2D eigenvalue weighted by atomic mass is 10.2. The number of nitrogens with zero attached hydrogens (tertiary/aromatic N) is 3. The van der Waals surface area contributed by atoms with Gasteiger partial charge in [-0.3, -0.25) is 10.8 Å². The van der Waals surface area contributed by atoms with Gasteiger partial charge in [0.05, 0.1) is 28.0 Å². The molecule has 0 amide bonds. The maximum absolute atomic E-state index is 12.7. The molecule has 0 radical (unpaired) electrons. The van der Waals surface area contributed by atoms with Crippen LogP contribution in [-0.2, 0) is 14.6 Å². The average molecular weight is 407 g/mol. The molecule has 1 fully saturated rings. The van der Waals surface area contributed by atoms with E-state index in [4.69, 9.17) is 21.1 Å². The molecule has 1 aliphatic rings. The van der Waals surface area contributed by atoms with E-state index < -0.39 is 20.9 Å². The van der Waals surface area contributed by atoms with Gasteiger partial charge in [-0.15, -0.1) is 0 Å². The third-order valence-corrected chi connectivity index (χ3v) is 6.53. The van der Waals surface area contributed by atoms with E-state index in [0.717, 1.165) is 5.69 Å². The van der Waals surface area contributed by atoms with Crippen molar-refractivity contribution in [2.75, 3.05) is 23.4 Å². The van der Waals surface area contributed by atoms with Crippen molar-refractivity contribution in [2.45, 2.75) is 50.0 Å². The molecule has 1 heterocycles. The lowest BCUT2D eigenvalue weighted by Crippen LogP contribution is -2.45. The summed E-state index contributed by atoms with van der Waals surface area (Å²) in [6, 6.07) is 6.67. The summed E-state index contributed by atoms with van der Waals surface area (Å²) in [5.41, 5.74) is 8.64. The van der Waals surface area contributed by atoms with Crippen molar-refractivity contribution in [3.63, 3.8) is 0 Å². The van der Waals surface area contributed by atoms with E-state index >= 15 is 0 Å². The second kappa shape index (κ2) is 8.58. The van der Waals surface area contributed by atoms with Gasteiger partial charge >= 0.3 is 0 Å². The number of benzene rings is 1. The van der Waals surface area contributed by atoms with Crippen LogP contribution in [0.1, 0.15) is 27.7 Å². The highest BCUT2D eigenvalue weighted by Crippen LogP contribution is 2.31. The number of amidine groups is 1. The van der Waals surface area contributed by atoms with Crippen molar-refractivity contribution in [1.82, 2.24) is 0 Å². The molecule has 1 aliphatic heterocycles. The van der Waals surface area contributed by atoms with Gasteiger partial charge in [-0.05, 0) is 45.9 Å². The molecule has 0 bridgehead atoms. The number of morpholine rings is 1. The molecule has 0 aromatic heterocycles. The van der Waals surface area contributed by atoms with Gasteiger partial charge in [-0.25, -0.2) is 8.42 Å². The normalized spacial score (nSPS) is 20.7. The van der Waals surface area contributed by atoms with Crippen LogP contribution in [0.5, 0.6) is 0 Å². The SMILES string of the molecule is CC1CN(c2ccc(S(=O)(=O)C(C)C)c(N/N=C(\C#N)C(=N)N)c2)CC(C)O1. The molecule has 0 aliphatic carbocycles. The summed E-state index contributed by atoms with van der Waals surface area (Å²) in [6.07, 6.45) is 0.0836. The maximum atomic E-state index is 12.7. The number of hydrogen-bond donors (Lipinski definition) is 3. The van der Waals surface area contributed by atoms with E-state index in [1.54, 1.807) is 32.0 Å². The van der Waals surface area contributed by atoms with Gasteiger partial charge in [-0.1, -0.05) is 0 Å². The quantitative estimate of drug-likeness (QED) is 0.370. The number of rotatable bonds is 6. The molecular weight excluding hydrogens is 380 g/mol. The van der Waals surface area contributed by atoms with Crippen LogP contribution in [0, 0.1) is 16.7 Å². The first-order valence-electron chi connectivity index (χ1n) is 8.92. The first-order chi connectivity index (χ1) is 13.1.